The third kappa shape index (κ3) is 3.82. The van der Waals surface area contributed by atoms with Crippen LogP contribution >= 0.6 is 0 Å². The average molecular weight is 482 g/mol. The Morgan fingerprint density at radius 2 is 1.69 bits per heavy atom. The number of H-pyrrole nitrogens is 1. The van der Waals surface area contributed by atoms with E-state index < -0.39 is 11.7 Å². The molecular weight excluding hydrogens is 454 g/mol. The number of carboxylic acids is 1. The second kappa shape index (κ2) is 9.00. The van der Waals surface area contributed by atoms with Gasteiger partial charge in [-0.25, -0.2) is 9.36 Å². The van der Waals surface area contributed by atoms with E-state index in [1.807, 2.05) is 51.2 Å². The number of aromatic nitrogens is 3. The molecule has 0 aliphatic rings. The highest BCUT2D eigenvalue weighted by atomic mass is 16.4. The largest absolute Gasteiger partial charge is 0.481 e. The Kier molecular flexibility index (Phi) is 5.84. The van der Waals surface area contributed by atoms with Gasteiger partial charge in [0.2, 0.25) is 0 Å². The Bertz CT molecular complexity index is 1720. The molecule has 0 radical (unpaired) electrons. The maximum Gasteiger partial charge on any atom is 0.336 e. The van der Waals surface area contributed by atoms with E-state index in [-0.39, 0.29) is 23.9 Å². The summed E-state index contributed by atoms with van der Waals surface area (Å²) in [5.74, 6) is -1.06. The first-order chi connectivity index (χ1) is 17.3. The Labute approximate surface area is 207 Å². The van der Waals surface area contributed by atoms with Crippen molar-refractivity contribution < 1.29 is 9.90 Å². The fourth-order valence-electron chi connectivity index (χ4n) is 5.08. The van der Waals surface area contributed by atoms with Gasteiger partial charge in [-0.2, -0.15) is 0 Å². The molecule has 5 rings (SSSR count). The van der Waals surface area contributed by atoms with Crippen LogP contribution in [0.25, 0.3) is 27.5 Å². The van der Waals surface area contributed by atoms with Crippen LogP contribution in [-0.2, 0) is 4.79 Å². The first kappa shape index (κ1) is 23.4. The third-order valence-corrected chi connectivity index (χ3v) is 6.98. The van der Waals surface area contributed by atoms with Gasteiger partial charge >= 0.3 is 11.7 Å². The molecular formula is C29H27N3O4. The van der Waals surface area contributed by atoms with E-state index >= 15 is 0 Å². The molecule has 2 heterocycles. The van der Waals surface area contributed by atoms with Gasteiger partial charge in [0.25, 0.3) is 5.56 Å². The van der Waals surface area contributed by atoms with E-state index in [0.29, 0.717) is 16.6 Å². The standard InChI is InChI=1S/C29H27N3O4/c1-17-7-6-9-24-27(17)23(16-30-24)19(3)31-25-10-5-4-8-22(25)28(35)32(29(31)36)21-13-11-20(12-14-21)18(2)15-26(33)34/h4-14,16,18-19,30H,15H2,1-3H3,(H,33,34). The Morgan fingerprint density at radius 1 is 0.972 bits per heavy atom. The molecule has 0 amide bonds. The molecule has 36 heavy (non-hydrogen) atoms. The van der Waals surface area contributed by atoms with Crippen molar-refractivity contribution in [3.63, 3.8) is 0 Å². The lowest BCUT2D eigenvalue weighted by molar-refractivity contribution is -0.137. The molecule has 2 atom stereocenters. The molecule has 182 valence electrons. The third-order valence-electron chi connectivity index (χ3n) is 6.98. The summed E-state index contributed by atoms with van der Waals surface area (Å²) in [6, 6.07) is 19.8. The van der Waals surface area contributed by atoms with Crippen LogP contribution in [0.3, 0.4) is 0 Å². The van der Waals surface area contributed by atoms with Gasteiger partial charge < -0.3 is 10.1 Å². The van der Waals surface area contributed by atoms with Gasteiger partial charge in [0.05, 0.1) is 29.1 Å². The summed E-state index contributed by atoms with van der Waals surface area (Å²) < 4.78 is 2.87. The number of carbonyl (C=O) groups is 1. The second-order valence-corrected chi connectivity index (χ2v) is 9.32. The SMILES string of the molecule is Cc1cccc2[nH]cc(C(C)n3c(=O)n(-c4ccc(C(C)CC(=O)O)cc4)c(=O)c4ccccc43)c12. The highest BCUT2D eigenvalue weighted by Crippen LogP contribution is 2.30. The molecule has 0 saturated carbocycles. The van der Waals surface area contributed by atoms with Crippen molar-refractivity contribution in [3.8, 4) is 5.69 Å². The van der Waals surface area contributed by atoms with E-state index in [2.05, 4.69) is 4.98 Å². The van der Waals surface area contributed by atoms with Crippen LogP contribution in [0.5, 0.6) is 0 Å². The molecule has 0 saturated heterocycles. The minimum atomic E-state index is -0.873. The normalized spacial score (nSPS) is 13.2. The number of rotatable bonds is 6. The van der Waals surface area contributed by atoms with Gasteiger partial charge in [0.15, 0.2) is 0 Å². The minimum Gasteiger partial charge on any atom is -0.481 e. The second-order valence-electron chi connectivity index (χ2n) is 9.32. The molecule has 0 spiro atoms. The summed E-state index contributed by atoms with van der Waals surface area (Å²) in [6.07, 6.45) is 1.93. The Hall–Kier alpha value is -4.39. The quantitative estimate of drug-likeness (QED) is 0.351. The Balaban J connectivity index is 1.71. The van der Waals surface area contributed by atoms with Crippen molar-refractivity contribution in [1.29, 1.82) is 0 Å². The fraction of sp³-hybridized carbons (Fsp3) is 0.207. The number of nitrogens with one attached hydrogen (secondary N) is 1. The highest BCUT2D eigenvalue weighted by molar-refractivity contribution is 5.87. The van der Waals surface area contributed by atoms with Crippen LogP contribution in [0.1, 0.15) is 48.9 Å². The maximum absolute atomic E-state index is 14.0. The Morgan fingerprint density at radius 3 is 2.42 bits per heavy atom. The predicted molar refractivity (Wildman–Crippen MR) is 141 cm³/mol. The van der Waals surface area contributed by atoms with Crippen molar-refractivity contribution in [2.45, 2.75) is 39.2 Å². The van der Waals surface area contributed by atoms with Crippen molar-refractivity contribution >= 4 is 27.8 Å². The lowest BCUT2D eigenvalue weighted by Crippen LogP contribution is -2.40. The van der Waals surface area contributed by atoms with E-state index in [9.17, 15) is 14.4 Å². The lowest BCUT2D eigenvalue weighted by atomic mass is 9.98. The summed E-state index contributed by atoms with van der Waals surface area (Å²) >= 11 is 0. The fourth-order valence-corrected chi connectivity index (χ4v) is 5.08. The lowest BCUT2D eigenvalue weighted by Gasteiger charge is -2.20. The summed E-state index contributed by atoms with van der Waals surface area (Å²) in [7, 11) is 0. The average Bonchev–Trinajstić information content (AvgIpc) is 3.30. The first-order valence-corrected chi connectivity index (χ1v) is 11.9. The topological polar surface area (TPSA) is 97.1 Å². The predicted octanol–water partition coefficient (Wildman–Crippen LogP) is 5.13. The molecule has 2 aromatic heterocycles. The molecule has 3 aromatic carbocycles. The number of nitrogens with zero attached hydrogens (tertiary/aromatic N) is 2. The van der Waals surface area contributed by atoms with E-state index in [1.165, 1.54) is 4.57 Å². The number of carboxylic acid groups (broad SMARTS) is 1. The number of benzene rings is 3. The van der Waals surface area contributed by atoms with Crippen LogP contribution in [0.15, 0.2) is 82.5 Å². The van der Waals surface area contributed by atoms with Gasteiger partial charge in [0.1, 0.15) is 0 Å². The molecule has 0 fully saturated rings. The van der Waals surface area contributed by atoms with Crippen molar-refractivity contribution in [3.05, 3.63) is 110 Å². The molecule has 0 aliphatic carbocycles. The first-order valence-electron chi connectivity index (χ1n) is 11.9. The molecule has 7 nitrogen and oxygen atoms in total. The van der Waals surface area contributed by atoms with E-state index in [0.717, 1.165) is 27.6 Å². The number of aromatic amines is 1. The summed E-state index contributed by atoms with van der Waals surface area (Å²) in [5.41, 5.74) is 4.10. The molecule has 2 N–H and O–H groups in total. The number of hydrogen-bond acceptors (Lipinski definition) is 3. The van der Waals surface area contributed by atoms with Crippen LogP contribution in [0.4, 0.5) is 0 Å². The molecule has 7 heteroatoms. The summed E-state index contributed by atoms with van der Waals surface area (Å²) in [6.45, 7) is 5.85. The highest BCUT2D eigenvalue weighted by Gasteiger charge is 2.22. The summed E-state index contributed by atoms with van der Waals surface area (Å²) in [5, 5.41) is 10.6. The van der Waals surface area contributed by atoms with Crippen LogP contribution in [-0.4, -0.2) is 25.2 Å². The minimum absolute atomic E-state index is 0.00360. The summed E-state index contributed by atoms with van der Waals surface area (Å²) in [4.78, 5) is 41.9. The maximum atomic E-state index is 14.0. The molecule has 5 aromatic rings. The van der Waals surface area contributed by atoms with Gasteiger partial charge in [0, 0.05) is 22.7 Å². The van der Waals surface area contributed by atoms with Crippen LogP contribution in [0, 0.1) is 6.92 Å². The van der Waals surface area contributed by atoms with Gasteiger partial charge in [-0.05, 0) is 61.2 Å². The van der Waals surface area contributed by atoms with E-state index in [4.69, 9.17) is 5.11 Å². The molecule has 0 bridgehead atoms. The zero-order valence-corrected chi connectivity index (χ0v) is 20.4. The number of para-hydroxylation sites is 1. The molecule has 2 unspecified atom stereocenters. The number of hydrogen-bond donors (Lipinski definition) is 2. The van der Waals surface area contributed by atoms with Crippen LogP contribution < -0.4 is 11.2 Å². The van der Waals surface area contributed by atoms with Gasteiger partial charge in [-0.15, -0.1) is 0 Å². The monoisotopic (exact) mass is 481 g/mol. The zero-order valence-electron chi connectivity index (χ0n) is 20.4. The number of aliphatic carboxylic acids is 1. The van der Waals surface area contributed by atoms with Gasteiger partial charge in [-0.3, -0.25) is 14.2 Å². The van der Waals surface area contributed by atoms with Crippen molar-refractivity contribution in [2.24, 2.45) is 0 Å². The molecule has 0 aliphatic heterocycles. The van der Waals surface area contributed by atoms with Crippen LogP contribution in [0.2, 0.25) is 0 Å². The van der Waals surface area contributed by atoms with Gasteiger partial charge in [-0.1, -0.05) is 43.3 Å². The van der Waals surface area contributed by atoms with Crippen molar-refractivity contribution in [2.75, 3.05) is 0 Å². The zero-order chi connectivity index (χ0) is 25.6. The smallest absolute Gasteiger partial charge is 0.336 e. The van der Waals surface area contributed by atoms with E-state index in [1.54, 1.807) is 47.0 Å². The number of aryl methyl sites for hydroxylation is 1. The van der Waals surface area contributed by atoms with Crippen molar-refractivity contribution in [1.82, 2.24) is 14.1 Å². The number of fused-ring (bicyclic) bond motifs is 2.